The lowest BCUT2D eigenvalue weighted by Crippen LogP contribution is -2.44. The molecular formula is C12H24NO4S+. The van der Waals surface area contributed by atoms with E-state index in [2.05, 4.69) is 12.6 Å². The predicted molar refractivity (Wildman–Crippen MR) is 72.5 cm³/mol. The van der Waals surface area contributed by atoms with Crippen LogP contribution in [-0.2, 0) is 19.1 Å². The second-order valence-corrected chi connectivity index (χ2v) is 5.80. The van der Waals surface area contributed by atoms with Crippen molar-refractivity contribution >= 4 is 24.6 Å². The van der Waals surface area contributed by atoms with Gasteiger partial charge in [0.15, 0.2) is 6.10 Å². The van der Waals surface area contributed by atoms with Gasteiger partial charge in [-0.2, -0.15) is 12.6 Å². The Bertz CT molecular complexity index is 286. The van der Waals surface area contributed by atoms with Crippen molar-refractivity contribution in [1.82, 2.24) is 0 Å². The molecule has 0 N–H and O–H groups in total. The topological polar surface area (TPSA) is 52.6 Å². The molecule has 6 heteroatoms. The van der Waals surface area contributed by atoms with Gasteiger partial charge in [-0.3, -0.25) is 9.59 Å². The Morgan fingerprint density at radius 3 is 2.06 bits per heavy atom. The van der Waals surface area contributed by atoms with E-state index < -0.39 is 12.1 Å². The van der Waals surface area contributed by atoms with Crippen molar-refractivity contribution in [3.63, 3.8) is 0 Å². The molecule has 0 fully saturated rings. The van der Waals surface area contributed by atoms with Crippen molar-refractivity contribution in [2.24, 2.45) is 0 Å². The Morgan fingerprint density at radius 2 is 1.67 bits per heavy atom. The lowest BCUT2D eigenvalue weighted by atomic mass is 10.2. The van der Waals surface area contributed by atoms with Gasteiger partial charge in [0.05, 0.1) is 39.4 Å². The van der Waals surface area contributed by atoms with E-state index in [1.807, 2.05) is 21.1 Å². The summed E-state index contributed by atoms with van der Waals surface area (Å²) in [5.74, 6) is -0.767. The van der Waals surface area contributed by atoms with Crippen molar-refractivity contribution in [3.8, 4) is 0 Å². The number of quaternary nitrogens is 1. The minimum absolute atomic E-state index is 0.00682. The van der Waals surface area contributed by atoms with E-state index in [0.717, 1.165) is 0 Å². The Balaban J connectivity index is 4.46. The van der Waals surface area contributed by atoms with Crippen molar-refractivity contribution in [2.45, 2.75) is 32.5 Å². The molecule has 0 aliphatic carbocycles. The number of carbonyl (C=O) groups excluding carboxylic acids is 2. The SMILES string of the molecule is CC(C)OC(=O)C[C@H](C[N+](C)(C)C)OC(=O)CS. The molecule has 0 spiro atoms. The Hall–Kier alpha value is -0.750. The zero-order valence-electron chi connectivity index (χ0n) is 11.8. The Morgan fingerprint density at radius 1 is 1.11 bits per heavy atom. The van der Waals surface area contributed by atoms with Gasteiger partial charge in [-0.1, -0.05) is 0 Å². The molecule has 0 aliphatic heterocycles. The molecule has 0 rings (SSSR count). The molecule has 0 heterocycles. The number of esters is 2. The smallest absolute Gasteiger partial charge is 0.316 e. The van der Waals surface area contributed by atoms with Crippen molar-refractivity contribution in [1.29, 1.82) is 0 Å². The van der Waals surface area contributed by atoms with Gasteiger partial charge in [0.1, 0.15) is 6.54 Å². The molecule has 0 saturated carbocycles. The molecule has 5 nitrogen and oxygen atoms in total. The molecule has 0 radical (unpaired) electrons. The van der Waals surface area contributed by atoms with E-state index in [0.29, 0.717) is 11.0 Å². The van der Waals surface area contributed by atoms with Crippen LogP contribution in [0.5, 0.6) is 0 Å². The lowest BCUT2D eigenvalue weighted by Gasteiger charge is -2.28. The Kier molecular flexibility index (Phi) is 7.32. The highest BCUT2D eigenvalue weighted by Crippen LogP contribution is 2.08. The van der Waals surface area contributed by atoms with Crippen molar-refractivity contribution in [3.05, 3.63) is 0 Å². The molecule has 18 heavy (non-hydrogen) atoms. The zero-order chi connectivity index (χ0) is 14.3. The molecule has 106 valence electrons. The molecule has 0 aliphatic rings. The standard InChI is InChI=1S/C12H23NO4S/c1-9(2)16-11(14)6-10(7-13(3,4)5)17-12(15)8-18/h9-10H,6-8H2,1-5H3/p+1/t10-/m1/s1. The number of hydrogen-bond acceptors (Lipinski definition) is 5. The predicted octanol–water partition coefficient (Wildman–Crippen LogP) is 0.876. The first kappa shape index (κ1) is 17.2. The molecule has 0 saturated heterocycles. The van der Waals surface area contributed by atoms with E-state index >= 15 is 0 Å². The van der Waals surface area contributed by atoms with Gasteiger partial charge < -0.3 is 14.0 Å². The van der Waals surface area contributed by atoms with E-state index in [4.69, 9.17) is 9.47 Å². The molecule has 0 unspecified atom stereocenters. The fourth-order valence-electron chi connectivity index (χ4n) is 1.47. The molecule has 0 bridgehead atoms. The van der Waals surface area contributed by atoms with Gasteiger partial charge in [-0.05, 0) is 13.8 Å². The zero-order valence-corrected chi connectivity index (χ0v) is 12.7. The molecule has 0 aromatic carbocycles. The second-order valence-electron chi connectivity index (χ2n) is 5.49. The summed E-state index contributed by atoms with van der Waals surface area (Å²) in [5.41, 5.74) is 0. The maximum absolute atomic E-state index is 11.6. The number of rotatable bonds is 7. The quantitative estimate of drug-likeness (QED) is 0.427. The van der Waals surface area contributed by atoms with E-state index in [1.54, 1.807) is 13.8 Å². The number of carbonyl (C=O) groups is 2. The highest BCUT2D eigenvalue weighted by Gasteiger charge is 2.25. The minimum Gasteiger partial charge on any atom is -0.463 e. The Labute approximate surface area is 114 Å². The average molecular weight is 278 g/mol. The number of thiol groups is 1. The average Bonchev–Trinajstić information content (AvgIpc) is 2.12. The summed E-state index contributed by atoms with van der Waals surface area (Å²) < 4.78 is 10.8. The lowest BCUT2D eigenvalue weighted by molar-refractivity contribution is -0.873. The highest BCUT2D eigenvalue weighted by atomic mass is 32.1. The number of nitrogens with zero attached hydrogens (tertiary/aromatic N) is 1. The van der Waals surface area contributed by atoms with Crippen molar-refractivity contribution in [2.75, 3.05) is 33.4 Å². The maximum Gasteiger partial charge on any atom is 0.316 e. The van der Waals surface area contributed by atoms with E-state index in [-0.39, 0.29) is 24.2 Å². The van der Waals surface area contributed by atoms with Crippen LogP contribution in [-0.4, -0.2) is 62.1 Å². The molecule has 0 amide bonds. The summed E-state index contributed by atoms with van der Waals surface area (Å²) in [6, 6.07) is 0. The summed E-state index contributed by atoms with van der Waals surface area (Å²) in [6.07, 6.45) is -0.563. The summed E-state index contributed by atoms with van der Waals surface area (Å²) in [6.45, 7) is 4.12. The van der Waals surface area contributed by atoms with Gasteiger partial charge in [-0.25, -0.2) is 0 Å². The third-order valence-electron chi connectivity index (χ3n) is 1.94. The monoisotopic (exact) mass is 278 g/mol. The third-order valence-corrected chi connectivity index (χ3v) is 2.20. The summed E-state index contributed by atoms with van der Waals surface area (Å²) >= 11 is 3.85. The minimum atomic E-state index is -0.476. The summed E-state index contributed by atoms with van der Waals surface area (Å²) in [7, 11) is 5.90. The normalized spacial score (nSPS) is 13.3. The van der Waals surface area contributed by atoms with Crippen LogP contribution >= 0.6 is 12.6 Å². The van der Waals surface area contributed by atoms with Gasteiger partial charge in [-0.15, -0.1) is 0 Å². The largest absolute Gasteiger partial charge is 0.463 e. The van der Waals surface area contributed by atoms with E-state index in [9.17, 15) is 9.59 Å². The van der Waals surface area contributed by atoms with Crippen LogP contribution in [0, 0.1) is 0 Å². The fraction of sp³-hybridized carbons (Fsp3) is 0.833. The summed E-state index contributed by atoms with van der Waals surface area (Å²) in [5, 5.41) is 0. The van der Waals surface area contributed by atoms with Crippen LogP contribution in [0.15, 0.2) is 0 Å². The summed E-state index contributed by atoms with van der Waals surface area (Å²) in [4.78, 5) is 22.8. The van der Waals surface area contributed by atoms with Gasteiger partial charge >= 0.3 is 11.9 Å². The first-order valence-electron chi connectivity index (χ1n) is 5.94. The molecule has 0 aromatic heterocycles. The highest BCUT2D eigenvalue weighted by molar-refractivity contribution is 7.81. The first-order chi connectivity index (χ1) is 8.14. The fourth-order valence-corrected chi connectivity index (χ4v) is 1.55. The number of ether oxygens (including phenoxy) is 2. The number of hydrogen-bond donors (Lipinski definition) is 1. The second kappa shape index (κ2) is 7.63. The molecule has 1 atom stereocenters. The number of likely N-dealkylation sites (N-methyl/N-ethyl adjacent to an activating group) is 1. The van der Waals surface area contributed by atoms with E-state index in [1.165, 1.54) is 0 Å². The van der Waals surface area contributed by atoms with Gasteiger partial charge in [0, 0.05) is 0 Å². The first-order valence-corrected chi connectivity index (χ1v) is 6.57. The maximum atomic E-state index is 11.6. The van der Waals surface area contributed by atoms with Crippen LogP contribution in [0.25, 0.3) is 0 Å². The van der Waals surface area contributed by atoms with Gasteiger partial charge in [0.25, 0.3) is 0 Å². The van der Waals surface area contributed by atoms with Crippen LogP contribution in [0.3, 0.4) is 0 Å². The van der Waals surface area contributed by atoms with Crippen molar-refractivity contribution < 1.29 is 23.5 Å². The van der Waals surface area contributed by atoms with Crippen LogP contribution in [0.2, 0.25) is 0 Å². The third kappa shape index (κ3) is 9.30. The van der Waals surface area contributed by atoms with Crippen LogP contribution < -0.4 is 0 Å². The molecular weight excluding hydrogens is 254 g/mol. The van der Waals surface area contributed by atoms with Crippen LogP contribution in [0.1, 0.15) is 20.3 Å². The van der Waals surface area contributed by atoms with Gasteiger partial charge in [0.2, 0.25) is 0 Å². The van der Waals surface area contributed by atoms with Crippen LogP contribution in [0.4, 0.5) is 0 Å². The molecule has 0 aromatic rings.